The zero-order valence-electron chi connectivity index (χ0n) is 36.6. The van der Waals surface area contributed by atoms with Gasteiger partial charge in [-0.15, -0.1) is 0 Å². The first kappa shape index (κ1) is 57.1. The first-order valence-corrected chi connectivity index (χ1v) is 20.6. The van der Waals surface area contributed by atoms with Crippen LogP contribution in [0.4, 0.5) is 34.1 Å². The number of aliphatic carboxylic acids is 5. The van der Waals surface area contributed by atoms with E-state index in [1.807, 2.05) is 0 Å². The maximum atomic E-state index is 14.7. The normalized spacial score (nSPS) is 12.4. The Bertz CT molecular complexity index is 2200. The Balaban J connectivity index is 2.44. The molecule has 0 aromatic heterocycles. The van der Waals surface area contributed by atoms with Crippen LogP contribution >= 0.6 is 0 Å². The van der Waals surface area contributed by atoms with E-state index in [1.165, 1.54) is 0 Å². The lowest BCUT2D eigenvalue weighted by Crippen LogP contribution is -2.59. The molecule has 0 fully saturated rings. The number of nitro benzene ring substituents is 4. The molecule has 31 heteroatoms. The van der Waals surface area contributed by atoms with Gasteiger partial charge in [-0.3, -0.25) is 88.7 Å². The van der Waals surface area contributed by atoms with E-state index >= 15 is 0 Å². The predicted molar refractivity (Wildman–Crippen MR) is 236 cm³/mol. The van der Waals surface area contributed by atoms with Crippen molar-refractivity contribution in [1.82, 2.24) is 20.0 Å². The molecule has 0 bridgehead atoms. The SMILES string of the molecule is N[C@@H](CCCCNc1ccc([N+](=O)[O-])cc1[N+](=O)[O-])C(=O)N[C@@H](CCCCNc1ccc([N+](=O)[O-])cc1[N+](=O)[O-])C(=O)C(CN(CCN(CC(=O)O)CC(=O)O)CC(=O)O)N(CC(=O)O)CC(=O)O. The summed E-state index contributed by atoms with van der Waals surface area (Å²) in [5.74, 6) is -9.61. The van der Waals surface area contributed by atoms with Gasteiger partial charge in [-0.1, -0.05) is 0 Å². The van der Waals surface area contributed by atoms with Gasteiger partial charge in [0, 0.05) is 44.9 Å². The number of nitrogens with one attached hydrogen (secondary N) is 3. The lowest BCUT2D eigenvalue weighted by molar-refractivity contribution is -0.393. The molecule has 1 amide bonds. The van der Waals surface area contributed by atoms with Crippen LogP contribution in [0.3, 0.4) is 0 Å². The number of hydrogen-bond acceptors (Lipinski definition) is 21. The largest absolute Gasteiger partial charge is 0.480 e. The average Bonchev–Trinajstić information content (AvgIpc) is 3.24. The third kappa shape index (κ3) is 20.6. The van der Waals surface area contributed by atoms with Gasteiger partial charge < -0.3 is 47.2 Å². The van der Waals surface area contributed by atoms with Gasteiger partial charge in [-0.25, -0.2) is 0 Å². The monoisotopic (exact) mass is 981 g/mol. The molecule has 0 saturated heterocycles. The number of carbonyl (C=O) groups is 7. The van der Waals surface area contributed by atoms with Crippen LogP contribution in [0.25, 0.3) is 0 Å². The highest BCUT2D eigenvalue weighted by Gasteiger charge is 2.37. The Morgan fingerprint density at radius 3 is 1.38 bits per heavy atom. The van der Waals surface area contributed by atoms with Crippen molar-refractivity contribution in [2.24, 2.45) is 5.73 Å². The van der Waals surface area contributed by atoms with Crippen molar-refractivity contribution in [2.45, 2.75) is 56.7 Å². The second-order valence-corrected chi connectivity index (χ2v) is 15.2. The molecule has 0 aliphatic carbocycles. The van der Waals surface area contributed by atoms with Gasteiger partial charge in [-0.2, -0.15) is 0 Å². The Hall–Kier alpha value is -8.03. The molecule has 2 aromatic carbocycles. The first-order valence-electron chi connectivity index (χ1n) is 20.6. The number of nitrogens with two attached hydrogens (primary N) is 1. The third-order valence-electron chi connectivity index (χ3n) is 9.95. The molecule has 0 saturated carbocycles. The molecular weight excluding hydrogens is 930 g/mol. The van der Waals surface area contributed by atoms with Crippen molar-refractivity contribution in [3.8, 4) is 0 Å². The molecule has 0 radical (unpaired) electrons. The minimum absolute atomic E-state index is 0.00289. The van der Waals surface area contributed by atoms with E-state index in [0.29, 0.717) is 4.90 Å². The van der Waals surface area contributed by atoms with Crippen molar-refractivity contribution >= 4 is 75.7 Å². The van der Waals surface area contributed by atoms with E-state index < -0.39 is 154 Å². The average molecular weight is 982 g/mol. The van der Waals surface area contributed by atoms with E-state index in [0.717, 1.165) is 46.2 Å². The van der Waals surface area contributed by atoms with Gasteiger partial charge in [0.05, 0.1) is 82.7 Å². The molecule has 2 aromatic rings. The molecule has 0 aliphatic heterocycles. The van der Waals surface area contributed by atoms with Crippen LogP contribution in [0.5, 0.6) is 0 Å². The van der Waals surface area contributed by atoms with Gasteiger partial charge in [0.1, 0.15) is 11.4 Å². The number of rotatable bonds is 36. The molecule has 0 heterocycles. The highest BCUT2D eigenvalue weighted by Crippen LogP contribution is 2.30. The van der Waals surface area contributed by atoms with Crippen LogP contribution in [0.1, 0.15) is 38.5 Å². The number of carboxylic acids is 5. The molecule has 31 nitrogen and oxygen atoms in total. The molecule has 0 spiro atoms. The summed E-state index contributed by atoms with van der Waals surface area (Å²) < 4.78 is 0. The number of carbonyl (C=O) groups excluding carboxylic acids is 2. The second kappa shape index (κ2) is 28.2. The fourth-order valence-corrected chi connectivity index (χ4v) is 6.76. The fourth-order valence-electron chi connectivity index (χ4n) is 6.76. The van der Waals surface area contributed by atoms with Crippen LogP contribution in [0, 0.1) is 40.5 Å². The van der Waals surface area contributed by atoms with Crippen molar-refractivity contribution in [2.75, 3.05) is 76.1 Å². The molecule has 69 heavy (non-hydrogen) atoms. The van der Waals surface area contributed by atoms with E-state index in [9.17, 15) is 99.6 Å². The lowest BCUT2D eigenvalue weighted by atomic mass is 9.96. The number of benzene rings is 2. The van der Waals surface area contributed by atoms with Crippen LogP contribution in [0.2, 0.25) is 0 Å². The predicted octanol–water partition coefficient (Wildman–Crippen LogP) is 0.263. The Morgan fingerprint density at radius 2 is 0.971 bits per heavy atom. The van der Waals surface area contributed by atoms with E-state index in [4.69, 9.17) is 5.73 Å². The standard InChI is InChI=1S/C38H51N11O20/c39-25(5-1-3-11-40-26-9-7-23(46(62)63)15-29(26)48(66)67)38(61)42-28(6-2-4-12-41-27-10-8-24(47(64)65)16-30(27)49(68)69)37(60)31(45(21-35(56)57)22-36(58)59)17-43(18-32(50)51)13-14-44(19-33(52)53)20-34(54)55/h7-10,15-16,25,28,31,40-41H,1-6,11-14,17-22,39H2,(H,42,61)(H,50,51)(H,52,53)(H,54,55)(H,56,57)(H,58,59)/t25-,28-,31?/m0/s1. The zero-order chi connectivity index (χ0) is 52.0. The molecule has 3 atom stereocenters. The Morgan fingerprint density at radius 1 is 0.565 bits per heavy atom. The molecule has 0 aliphatic rings. The Labute approximate surface area is 389 Å². The van der Waals surface area contributed by atoms with Gasteiger partial charge in [0.2, 0.25) is 5.91 Å². The topological polar surface area (TPSA) is 465 Å². The number of nitro groups is 4. The van der Waals surface area contributed by atoms with E-state index in [2.05, 4.69) is 16.0 Å². The summed E-state index contributed by atoms with van der Waals surface area (Å²) in [7, 11) is 0. The number of carboxylic acid groups (broad SMARTS) is 5. The second-order valence-electron chi connectivity index (χ2n) is 15.2. The quantitative estimate of drug-likeness (QED) is 0.0251. The number of nitrogens with zero attached hydrogens (tertiary/aromatic N) is 7. The highest BCUT2D eigenvalue weighted by molar-refractivity contribution is 5.94. The summed E-state index contributed by atoms with van der Waals surface area (Å²) in [6.45, 7) is -6.31. The molecule has 10 N–H and O–H groups in total. The van der Waals surface area contributed by atoms with Crippen molar-refractivity contribution in [3.05, 3.63) is 76.9 Å². The summed E-state index contributed by atoms with van der Waals surface area (Å²) in [5, 5.41) is 101. The van der Waals surface area contributed by atoms with Crippen LogP contribution in [-0.4, -0.2) is 185 Å². The molecule has 2 rings (SSSR count). The van der Waals surface area contributed by atoms with Crippen molar-refractivity contribution < 1.29 is 78.8 Å². The number of anilines is 2. The minimum atomic E-state index is -1.83. The van der Waals surface area contributed by atoms with Crippen molar-refractivity contribution in [3.63, 3.8) is 0 Å². The van der Waals surface area contributed by atoms with Gasteiger partial charge >= 0.3 is 29.8 Å². The molecule has 1 unspecified atom stereocenters. The highest BCUT2D eigenvalue weighted by atomic mass is 16.6. The van der Waals surface area contributed by atoms with Gasteiger partial charge in [0.25, 0.3) is 22.7 Å². The Kier molecular flexibility index (Phi) is 23.3. The summed E-state index contributed by atoms with van der Waals surface area (Å²) in [6, 6.07) is 1.06. The maximum Gasteiger partial charge on any atom is 0.317 e. The summed E-state index contributed by atoms with van der Waals surface area (Å²) in [4.78, 5) is 132. The van der Waals surface area contributed by atoms with E-state index in [-0.39, 0.29) is 63.0 Å². The zero-order valence-corrected chi connectivity index (χ0v) is 36.6. The van der Waals surface area contributed by atoms with Crippen molar-refractivity contribution in [1.29, 1.82) is 0 Å². The molecule has 378 valence electrons. The van der Waals surface area contributed by atoms with Crippen LogP contribution in [0.15, 0.2) is 36.4 Å². The fraction of sp³-hybridized carbons (Fsp3) is 0.500. The number of non-ortho nitro benzene ring substituents is 2. The third-order valence-corrected chi connectivity index (χ3v) is 9.95. The molecular formula is C38H51N11O20. The summed E-state index contributed by atoms with van der Waals surface area (Å²) >= 11 is 0. The van der Waals surface area contributed by atoms with Gasteiger partial charge in [0.15, 0.2) is 5.78 Å². The summed E-state index contributed by atoms with van der Waals surface area (Å²) in [5.41, 5.74) is 3.81. The minimum Gasteiger partial charge on any atom is -0.480 e. The maximum absolute atomic E-state index is 14.7. The van der Waals surface area contributed by atoms with Crippen LogP contribution in [-0.2, 0) is 33.6 Å². The van der Waals surface area contributed by atoms with Crippen LogP contribution < -0.4 is 21.7 Å². The number of Topliss-reactive ketones (excluding diaryl/α,β-unsaturated/α-hetero) is 1. The van der Waals surface area contributed by atoms with E-state index in [1.54, 1.807) is 0 Å². The lowest BCUT2D eigenvalue weighted by Gasteiger charge is -2.35. The summed E-state index contributed by atoms with van der Waals surface area (Å²) in [6.07, 6.45) is 0.190. The number of amides is 1. The van der Waals surface area contributed by atoms with Gasteiger partial charge in [-0.05, 0) is 50.7 Å². The number of hydrogen-bond donors (Lipinski definition) is 9. The number of unbranched alkanes of at least 4 members (excludes halogenated alkanes) is 2. The number of ketones is 1. The smallest absolute Gasteiger partial charge is 0.317 e. The first-order chi connectivity index (χ1) is 32.4.